The molecule has 0 atom stereocenters. The molecular weight excluding hydrogens is 365 g/mol. The lowest BCUT2D eigenvalue weighted by Crippen LogP contribution is -2.41. The van der Waals surface area contributed by atoms with Gasteiger partial charge in [0.2, 0.25) is 0 Å². The second-order valence-electron chi connectivity index (χ2n) is 10.2. The Kier molecular flexibility index (Phi) is 5.90. The summed E-state index contributed by atoms with van der Waals surface area (Å²) >= 11 is 0. The van der Waals surface area contributed by atoms with Crippen molar-refractivity contribution in [3.05, 3.63) is 30.0 Å². The van der Waals surface area contributed by atoms with Crippen LogP contribution in [0.2, 0.25) is 25.7 Å². The number of fused-ring (bicyclic) bond motifs is 1. The average Bonchev–Trinajstić information content (AvgIpc) is 3.04. The first-order valence-electron chi connectivity index (χ1n) is 10.5. The Balaban J connectivity index is 1.81. The molecule has 1 aromatic heterocycles. The number of aromatic nitrogens is 1. The molecule has 0 amide bonds. The van der Waals surface area contributed by atoms with Crippen molar-refractivity contribution in [2.45, 2.75) is 84.7 Å². The van der Waals surface area contributed by atoms with E-state index in [0.29, 0.717) is 6.73 Å². The highest BCUT2D eigenvalue weighted by Crippen LogP contribution is 2.36. The molecule has 0 unspecified atom stereocenters. The molecule has 1 saturated heterocycles. The fourth-order valence-corrected chi connectivity index (χ4v) is 4.20. The first-order valence-corrected chi connectivity index (χ1v) is 14.2. The third kappa shape index (κ3) is 4.40. The monoisotopic (exact) mass is 401 g/mol. The first-order chi connectivity index (χ1) is 12.9. The summed E-state index contributed by atoms with van der Waals surface area (Å²) in [6, 6.07) is 7.73. The third-order valence-electron chi connectivity index (χ3n) is 6.12. The van der Waals surface area contributed by atoms with Crippen LogP contribution in [0.15, 0.2) is 24.4 Å². The van der Waals surface area contributed by atoms with Gasteiger partial charge in [0.05, 0.1) is 16.7 Å². The van der Waals surface area contributed by atoms with E-state index < -0.39 is 8.07 Å². The predicted molar refractivity (Wildman–Crippen MR) is 121 cm³/mol. The van der Waals surface area contributed by atoms with Gasteiger partial charge in [0.15, 0.2) is 0 Å². The van der Waals surface area contributed by atoms with Gasteiger partial charge in [-0.15, -0.1) is 0 Å². The zero-order valence-electron chi connectivity index (χ0n) is 18.9. The van der Waals surface area contributed by atoms with Gasteiger partial charge in [0.1, 0.15) is 6.73 Å². The molecule has 1 aliphatic heterocycles. The van der Waals surface area contributed by atoms with Crippen LogP contribution in [0.3, 0.4) is 0 Å². The van der Waals surface area contributed by atoms with Crippen LogP contribution in [-0.2, 0) is 27.2 Å². The molecule has 0 aliphatic carbocycles. The van der Waals surface area contributed by atoms with E-state index in [-0.39, 0.29) is 18.3 Å². The zero-order valence-corrected chi connectivity index (χ0v) is 19.9. The molecule has 1 fully saturated rings. The van der Waals surface area contributed by atoms with Gasteiger partial charge >= 0.3 is 7.12 Å². The molecule has 1 aromatic carbocycles. The van der Waals surface area contributed by atoms with Crippen molar-refractivity contribution in [2.24, 2.45) is 0 Å². The van der Waals surface area contributed by atoms with Crippen LogP contribution in [-0.4, -0.2) is 37.6 Å². The van der Waals surface area contributed by atoms with Crippen LogP contribution in [0.1, 0.15) is 40.2 Å². The van der Waals surface area contributed by atoms with E-state index in [1.807, 2.05) is 0 Å². The van der Waals surface area contributed by atoms with Crippen molar-refractivity contribution in [1.82, 2.24) is 4.57 Å². The summed E-state index contributed by atoms with van der Waals surface area (Å²) in [5.74, 6) is 0. The smallest absolute Gasteiger partial charge is 0.399 e. The molecule has 0 saturated carbocycles. The normalized spacial score (nSPS) is 18.9. The number of aryl methyl sites for hydroxylation is 1. The van der Waals surface area contributed by atoms with Gasteiger partial charge in [-0.05, 0) is 57.3 Å². The van der Waals surface area contributed by atoms with Crippen LogP contribution in [0, 0.1) is 0 Å². The summed E-state index contributed by atoms with van der Waals surface area (Å²) in [6.07, 6.45) is 3.22. The van der Waals surface area contributed by atoms with Gasteiger partial charge in [0, 0.05) is 26.3 Å². The quantitative estimate of drug-likeness (QED) is 0.493. The lowest BCUT2D eigenvalue weighted by molar-refractivity contribution is 0.00578. The van der Waals surface area contributed by atoms with E-state index in [9.17, 15) is 0 Å². The van der Waals surface area contributed by atoms with Crippen LogP contribution < -0.4 is 5.46 Å². The first kappa shape index (κ1) is 21.6. The molecule has 2 heterocycles. The van der Waals surface area contributed by atoms with Gasteiger partial charge in [-0.2, -0.15) is 0 Å². The average molecular weight is 401 g/mol. The molecule has 6 heteroatoms. The Bertz CT molecular complexity index is 822. The summed E-state index contributed by atoms with van der Waals surface area (Å²) in [5, 5.41) is 1.27. The van der Waals surface area contributed by atoms with Crippen LogP contribution in [0.25, 0.3) is 10.9 Å². The Morgan fingerprint density at radius 3 is 2.29 bits per heavy atom. The summed E-state index contributed by atoms with van der Waals surface area (Å²) in [5.41, 5.74) is 2.98. The predicted octanol–water partition coefficient (Wildman–Crippen LogP) is 4.82. The Morgan fingerprint density at radius 1 is 1.07 bits per heavy atom. The summed E-state index contributed by atoms with van der Waals surface area (Å²) < 4.78 is 20.7. The number of benzene rings is 1. The maximum absolute atomic E-state index is 6.24. The maximum Gasteiger partial charge on any atom is 0.494 e. The van der Waals surface area contributed by atoms with Crippen molar-refractivity contribution in [3.8, 4) is 0 Å². The number of ether oxygens (including phenoxy) is 1. The Labute approximate surface area is 171 Å². The van der Waals surface area contributed by atoms with E-state index in [2.05, 4.69) is 83.2 Å². The minimum absolute atomic E-state index is 0.323. The fourth-order valence-electron chi connectivity index (χ4n) is 3.44. The topological polar surface area (TPSA) is 32.6 Å². The van der Waals surface area contributed by atoms with Crippen molar-refractivity contribution in [1.29, 1.82) is 0 Å². The van der Waals surface area contributed by atoms with E-state index in [0.717, 1.165) is 18.5 Å². The van der Waals surface area contributed by atoms with Crippen molar-refractivity contribution >= 4 is 31.6 Å². The molecule has 0 N–H and O–H groups in total. The summed E-state index contributed by atoms with van der Waals surface area (Å²) in [6.45, 7) is 19.2. The second kappa shape index (κ2) is 7.63. The minimum Gasteiger partial charge on any atom is -0.399 e. The number of hydrogen-bond acceptors (Lipinski definition) is 3. The summed E-state index contributed by atoms with van der Waals surface area (Å²) in [7, 11) is -1.38. The Hall–Kier alpha value is -1.08. The van der Waals surface area contributed by atoms with E-state index in [4.69, 9.17) is 14.0 Å². The highest BCUT2D eigenvalue weighted by molar-refractivity contribution is 6.76. The molecule has 28 heavy (non-hydrogen) atoms. The van der Waals surface area contributed by atoms with E-state index in [1.54, 1.807) is 0 Å². The van der Waals surface area contributed by atoms with Crippen molar-refractivity contribution in [3.63, 3.8) is 0 Å². The van der Waals surface area contributed by atoms with Gasteiger partial charge < -0.3 is 18.6 Å². The number of rotatable bonds is 7. The van der Waals surface area contributed by atoms with E-state index in [1.165, 1.54) is 22.5 Å². The van der Waals surface area contributed by atoms with Crippen LogP contribution >= 0.6 is 0 Å². The standard InChI is InChI=1S/C22H36BNO3Si/c1-9-17-15-24(16-25-12-13-28(6,7)8)20-11-10-18(14-19(17)20)23-26-21(2,3)22(4,5)27-23/h10-11,14-15H,9,12-13,16H2,1-8H3. The van der Waals surface area contributed by atoms with Crippen LogP contribution in [0.5, 0.6) is 0 Å². The van der Waals surface area contributed by atoms with Gasteiger partial charge in [-0.1, -0.05) is 38.7 Å². The number of nitrogens with zero attached hydrogens (tertiary/aromatic N) is 1. The zero-order chi connectivity index (χ0) is 20.7. The Morgan fingerprint density at radius 2 is 1.71 bits per heavy atom. The molecule has 0 radical (unpaired) electrons. The third-order valence-corrected chi connectivity index (χ3v) is 7.82. The molecule has 1 aliphatic rings. The second-order valence-corrected chi connectivity index (χ2v) is 15.8. The van der Waals surface area contributed by atoms with Crippen LogP contribution in [0.4, 0.5) is 0 Å². The minimum atomic E-state index is -1.06. The molecular formula is C22H36BNO3Si. The van der Waals surface area contributed by atoms with Gasteiger partial charge in [-0.3, -0.25) is 0 Å². The molecule has 2 aromatic rings. The highest BCUT2D eigenvalue weighted by Gasteiger charge is 2.51. The molecule has 4 nitrogen and oxygen atoms in total. The lowest BCUT2D eigenvalue weighted by atomic mass is 9.78. The van der Waals surface area contributed by atoms with Gasteiger partial charge in [0.25, 0.3) is 0 Å². The fraction of sp³-hybridized carbons (Fsp3) is 0.636. The number of hydrogen-bond donors (Lipinski definition) is 0. The summed E-state index contributed by atoms with van der Waals surface area (Å²) in [4.78, 5) is 0. The van der Waals surface area contributed by atoms with Gasteiger partial charge in [-0.25, -0.2) is 0 Å². The lowest BCUT2D eigenvalue weighted by Gasteiger charge is -2.32. The van der Waals surface area contributed by atoms with E-state index >= 15 is 0 Å². The molecule has 3 rings (SSSR count). The highest BCUT2D eigenvalue weighted by atomic mass is 28.3. The van der Waals surface area contributed by atoms with Crippen molar-refractivity contribution in [2.75, 3.05) is 6.61 Å². The molecule has 0 bridgehead atoms. The SMILES string of the molecule is CCc1cn(COCC[Si](C)(C)C)c2ccc(B3OC(C)(C)C(C)(C)O3)cc12. The van der Waals surface area contributed by atoms with Crippen molar-refractivity contribution < 1.29 is 14.0 Å². The molecule has 0 spiro atoms. The largest absolute Gasteiger partial charge is 0.494 e. The molecule has 154 valence electrons. The maximum atomic E-state index is 6.24.